The predicted octanol–water partition coefficient (Wildman–Crippen LogP) is 4.33. The van der Waals surface area contributed by atoms with Gasteiger partial charge in [0.25, 0.3) is 5.91 Å². The van der Waals surface area contributed by atoms with Gasteiger partial charge in [-0.25, -0.2) is 9.18 Å². The number of halogens is 3. The summed E-state index contributed by atoms with van der Waals surface area (Å²) in [4.78, 5) is 23.3. The van der Waals surface area contributed by atoms with E-state index < -0.39 is 18.5 Å². The number of carbonyl (C=O) groups is 2. The van der Waals surface area contributed by atoms with Gasteiger partial charge in [0.15, 0.2) is 6.61 Å². The van der Waals surface area contributed by atoms with Crippen LogP contribution in [0.15, 0.2) is 48.5 Å². The molecule has 0 radical (unpaired) electrons. The average molecular weight is 368 g/mol. The molecule has 0 fully saturated rings. The van der Waals surface area contributed by atoms with Gasteiger partial charge in [-0.15, -0.1) is 0 Å². The molecule has 124 valence electrons. The summed E-state index contributed by atoms with van der Waals surface area (Å²) in [6.45, 7) is -0.477. The van der Waals surface area contributed by atoms with E-state index in [1.807, 2.05) is 0 Å². The van der Waals surface area contributed by atoms with Crippen LogP contribution in [0.1, 0.15) is 5.56 Å². The average Bonchev–Trinajstić information content (AvgIpc) is 2.56. The van der Waals surface area contributed by atoms with Crippen molar-refractivity contribution in [3.63, 3.8) is 0 Å². The topological polar surface area (TPSA) is 55.4 Å². The smallest absolute Gasteiger partial charge is 0.331 e. The molecule has 0 spiro atoms. The predicted molar refractivity (Wildman–Crippen MR) is 91.5 cm³/mol. The highest BCUT2D eigenvalue weighted by atomic mass is 35.5. The quantitative estimate of drug-likeness (QED) is 0.632. The van der Waals surface area contributed by atoms with Crippen molar-refractivity contribution in [2.45, 2.75) is 0 Å². The van der Waals surface area contributed by atoms with Crippen LogP contribution in [0.3, 0.4) is 0 Å². The van der Waals surface area contributed by atoms with E-state index in [-0.39, 0.29) is 5.82 Å². The number of amides is 1. The number of anilines is 1. The highest BCUT2D eigenvalue weighted by Crippen LogP contribution is 2.25. The van der Waals surface area contributed by atoms with Crippen LogP contribution in [-0.2, 0) is 14.3 Å². The fourth-order valence-electron chi connectivity index (χ4n) is 1.70. The van der Waals surface area contributed by atoms with E-state index in [4.69, 9.17) is 27.9 Å². The van der Waals surface area contributed by atoms with Crippen molar-refractivity contribution >= 4 is 46.8 Å². The second-order valence-corrected chi connectivity index (χ2v) is 5.51. The van der Waals surface area contributed by atoms with Crippen molar-refractivity contribution in [2.75, 3.05) is 11.9 Å². The number of benzene rings is 2. The molecule has 0 aliphatic rings. The molecule has 2 aromatic carbocycles. The Morgan fingerprint density at radius 3 is 2.54 bits per heavy atom. The fraction of sp³-hybridized carbons (Fsp3) is 0.0588. The third-order valence-electron chi connectivity index (χ3n) is 2.83. The van der Waals surface area contributed by atoms with E-state index in [9.17, 15) is 14.0 Å². The molecule has 0 atom stereocenters. The van der Waals surface area contributed by atoms with Crippen molar-refractivity contribution in [3.8, 4) is 0 Å². The fourth-order valence-corrected chi connectivity index (χ4v) is 2.04. The molecule has 0 aliphatic heterocycles. The van der Waals surface area contributed by atoms with Crippen molar-refractivity contribution in [1.29, 1.82) is 0 Å². The molecule has 0 heterocycles. The molecule has 2 rings (SSSR count). The van der Waals surface area contributed by atoms with Gasteiger partial charge in [-0.05, 0) is 42.0 Å². The maximum absolute atomic E-state index is 12.7. The zero-order valence-electron chi connectivity index (χ0n) is 12.3. The van der Waals surface area contributed by atoms with Crippen molar-refractivity contribution in [3.05, 3.63) is 70.0 Å². The third-order valence-corrected chi connectivity index (χ3v) is 3.39. The molecule has 0 bridgehead atoms. The summed E-state index contributed by atoms with van der Waals surface area (Å²) in [5, 5.41) is 3.21. The lowest BCUT2D eigenvalue weighted by atomic mass is 10.2. The standard InChI is InChI=1S/C17H12Cl2FNO3/c18-12-4-7-14(19)15(9-12)21-16(22)10-24-17(23)8-3-11-1-5-13(20)6-2-11/h1-9H,10H2,(H,21,22)/b8-3+. The van der Waals surface area contributed by atoms with Crippen molar-refractivity contribution in [2.24, 2.45) is 0 Å². The van der Waals surface area contributed by atoms with Gasteiger partial charge in [-0.1, -0.05) is 35.3 Å². The first-order chi connectivity index (χ1) is 11.4. The first kappa shape index (κ1) is 18.0. The van der Waals surface area contributed by atoms with Crippen molar-refractivity contribution < 1.29 is 18.7 Å². The Labute approximate surface area is 147 Å². The van der Waals surface area contributed by atoms with Crippen molar-refractivity contribution in [1.82, 2.24) is 0 Å². The summed E-state index contributed by atoms with van der Waals surface area (Å²) < 4.78 is 17.6. The molecule has 0 aromatic heterocycles. The van der Waals surface area contributed by atoms with E-state index in [1.165, 1.54) is 42.5 Å². The van der Waals surface area contributed by atoms with Gasteiger partial charge in [0.05, 0.1) is 10.7 Å². The van der Waals surface area contributed by atoms with Crippen LogP contribution in [0.25, 0.3) is 6.08 Å². The van der Waals surface area contributed by atoms with Crippen LogP contribution in [-0.4, -0.2) is 18.5 Å². The number of nitrogens with one attached hydrogen (secondary N) is 1. The largest absolute Gasteiger partial charge is 0.452 e. The minimum Gasteiger partial charge on any atom is -0.452 e. The van der Waals surface area contributed by atoms with Gasteiger partial charge in [0, 0.05) is 11.1 Å². The molecule has 0 aliphatic carbocycles. The van der Waals surface area contributed by atoms with Crippen LogP contribution >= 0.6 is 23.2 Å². The molecule has 1 amide bonds. The summed E-state index contributed by atoms with van der Waals surface area (Å²) in [5.41, 5.74) is 0.954. The van der Waals surface area contributed by atoms with E-state index >= 15 is 0 Å². The van der Waals surface area contributed by atoms with Gasteiger partial charge in [0.2, 0.25) is 0 Å². The number of hydrogen-bond acceptors (Lipinski definition) is 3. The first-order valence-corrected chi connectivity index (χ1v) is 7.55. The number of carbonyl (C=O) groups excluding carboxylic acids is 2. The Morgan fingerprint density at radius 1 is 1.12 bits per heavy atom. The third kappa shape index (κ3) is 5.68. The molecule has 2 aromatic rings. The maximum atomic E-state index is 12.7. The van der Waals surface area contributed by atoms with E-state index in [0.717, 1.165) is 6.08 Å². The maximum Gasteiger partial charge on any atom is 0.331 e. The summed E-state index contributed by atoms with van der Waals surface area (Å²) in [6.07, 6.45) is 2.60. The molecular formula is C17H12Cl2FNO3. The SMILES string of the molecule is O=C(COC(=O)/C=C/c1ccc(F)cc1)Nc1cc(Cl)ccc1Cl. The Hall–Kier alpha value is -2.37. The molecule has 4 nitrogen and oxygen atoms in total. The second kappa shape index (κ2) is 8.47. The van der Waals surface area contributed by atoms with E-state index in [2.05, 4.69) is 5.32 Å². The zero-order valence-corrected chi connectivity index (χ0v) is 13.8. The summed E-state index contributed by atoms with van der Waals surface area (Å²) in [6, 6.07) is 10.2. The van der Waals surface area contributed by atoms with Gasteiger partial charge in [-0.3, -0.25) is 4.79 Å². The second-order valence-electron chi connectivity index (χ2n) is 4.66. The number of hydrogen-bond donors (Lipinski definition) is 1. The van der Waals surface area contributed by atoms with Crippen LogP contribution in [0.2, 0.25) is 10.0 Å². The highest BCUT2D eigenvalue weighted by Gasteiger charge is 2.08. The van der Waals surface area contributed by atoms with Crippen LogP contribution in [0.5, 0.6) is 0 Å². The Kier molecular flexibility index (Phi) is 6.35. The van der Waals surface area contributed by atoms with E-state index in [0.29, 0.717) is 21.3 Å². The lowest BCUT2D eigenvalue weighted by Gasteiger charge is -2.07. The number of ether oxygens (including phenoxy) is 1. The molecule has 0 saturated heterocycles. The molecule has 1 N–H and O–H groups in total. The van der Waals surface area contributed by atoms with Gasteiger partial charge < -0.3 is 10.1 Å². The zero-order chi connectivity index (χ0) is 17.5. The summed E-state index contributed by atoms with van der Waals surface area (Å²) in [7, 11) is 0. The monoisotopic (exact) mass is 367 g/mol. The molecule has 0 unspecified atom stereocenters. The van der Waals surface area contributed by atoms with E-state index in [1.54, 1.807) is 6.07 Å². The number of rotatable bonds is 5. The Bertz CT molecular complexity index is 776. The molecule has 24 heavy (non-hydrogen) atoms. The summed E-state index contributed by atoms with van der Waals surface area (Å²) >= 11 is 11.7. The van der Waals surface area contributed by atoms with Gasteiger partial charge in [-0.2, -0.15) is 0 Å². The van der Waals surface area contributed by atoms with Gasteiger partial charge >= 0.3 is 5.97 Å². The molecule has 0 saturated carbocycles. The van der Waals surface area contributed by atoms with Gasteiger partial charge in [0.1, 0.15) is 5.82 Å². The minimum absolute atomic E-state index is 0.315. The lowest BCUT2D eigenvalue weighted by molar-refractivity contribution is -0.142. The summed E-state index contributed by atoms with van der Waals surface area (Å²) in [5.74, 6) is -1.62. The highest BCUT2D eigenvalue weighted by molar-refractivity contribution is 6.35. The minimum atomic E-state index is -0.702. The molecule has 7 heteroatoms. The first-order valence-electron chi connectivity index (χ1n) is 6.79. The molecular weight excluding hydrogens is 356 g/mol. The lowest BCUT2D eigenvalue weighted by Crippen LogP contribution is -2.20. The van der Waals surface area contributed by atoms with Crippen LogP contribution in [0.4, 0.5) is 10.1 Å². The van der Waals surface area contributed by atoms with Crippen LogP contribution in [0, 0.1) is 5.82 Å². The number of esters is 1. The van der Waals surface area contributed by atoms with Crippen LogP contribution < -0.4 is 5.32 Å². The Morgan fingerprint density at radius 2 is 1.83 bits per heavy atom. The Balaban J connectivity index is 1.83. The normalized spacial score (nSPS) is 10.6.